The summed E-state index contributed by atoms with van der Waals surface area (Å²) in [4.78, 5) is 14.1. The van der Waals surface area contributed by atoms with E-state index in [1.54, 1.807) is 18.0 Å². The fourth-order valence-corrected chi connectivity index (χ4v) is 2.60. The number of benzene rings is 1. The Morgan fingerprint density at radius 2 is 2.26 bits per heavy atom. The van der Waals surface area contributed by atoms with Crippen LogP contribution in [0.3, 0.4) is 0 Å². The van der Waals surface area contributed by atoms with Gasteiger partial charge in [0.15, 0.2) is 0 Å². The van der Waals surface area contributed by atoms with Gasteiger partial charge in [-0.25, -0.2) is 0 Å². The highest BCUT2D eigenvalue weighted by atomic mass is 16.2. The predicted octanol–water partition coefficient (Wildman–Crippen LogP) is 1.65. The monoisotopic (exact) mass is 257 g/mol. The summed E-state index contributed by atoms with van der Waals surface area (Å²) < 4.78 is 0. The molecule has 1 aromatic rings. The van der Waals surface area contributed by atoms with E-state index in [1.165, 1.54) is 0 Å². The van der Waals surface area contributed by atoms with Crippen molar-refractivity contribution >= 4 is 5.91 Å². The minimum Gasteiger partial charge on any atom is -0.341 e. The summed E-state index contributed by atoms with van der Waals surface area (Å²) in [7, 11) is 1.80. The van der Waals surface area contributed by atoms with Crippen molar-refractivity contribution in [3.63, 3.8) is 0 Å². The molecule has 0 aliphatic heterocycles. The third-order valence-corrected chi connectivity index (χ3v) is 3.98. The van der Waals surface area contributed by atoms with Crippen molar-refractivity contribution in [2.45, 2.75) is 25.8 Å². The molecule has 2 rings (SSSR count). The van der Waals surface area contributed by atoms with Crippen molar-refractivity contribution in [1.29, 1.82) is 5.26 Å². The lowest BCUT2D eigenvalue weighted by Crippen LogP contribution is -2.50. The molecule has 1 aliphatic carbocycles. The minimum absolute atomic E-state index is 0.128. The minimum atomic E-state index is -0.332. The molecule has 19 heavy (non-hydrogen) atoms. The van der Waals surface area contributed by atoms with Gasteiger partial charge in [-0.2, -0.15) is 5.26 Å². The van der Waals surface area contributed by atoms with Gasteiger partial charge in [0.25, 0.3) is 0 Å². The first kappa shape index (κ1) is 13.6. The molecule has 1 saturated carbocycles. The number of hydrogen-bond acceptors (Lipinski definition) is 3. The fraction of sp³-hybridized carbons (Fsp3) is 0.467. The van der Waals surface area contributed by atoms with Gasteiger partial charge in [-0.3, -0.25) is 4.79 Å². The van der Waals surface area contributed by atoms with Crippen molar-refractivity contribution in [1.82, 2.24) is 4.90 Å². The first-order valence-electron chi connectivity index (χ1n) is 6.56. The molecule has 0 atom stereocenters. The zero-order chi connectivity index (χ0) is 13.9. The third-order valence-electron chi connectivity index (χ3n) is 3.98. The lowest BCUT2D eigenvalue weighted by atomic mass is 9.68. The van der Waals surface area contributed by atoms with Crippen LogP contribution in [0.2, 0.25) is 0 Å². The Hall–Kier alpha value is -1.86. The quantitative estimate of drug-likeness (QED) is 0.891. The SMILES string of the molecule is CN(Cc1cccc(C#N)c1)C(=O)C1(CN)CCC1. The Morgan fingerprint density at radius 3 is 2.79 bits per heavy atom. The van der Waals surface area contributed by atoms with E-state index >= 15 is 0 Å². The fourth-order valence-electron chi connectivity index (χ4n) is 2.60. The second-order valence-electron chi connectivity index (χ2n) is 5.31. The van der Waals surface area contributed by atoms with Crippen LogP contribution in [0.4, 0.5) is 0 Å². The summed E-state index contributed by atoms with van der Waals surface area (Å²) in [6.45, 7) is 0.949. The van der Waals surface area contributed by atoms with Crippen LogP contribution in [0, 0.1) is 16.7 Å². The number of carbonyl (C=O) groups is 1. The Balaban J connectivity index is 2.06. The van der Waals surface area contributed by atoms with Crippen molar-refractivity contribution in [2.24, 2.45) is 11.1 Å². The molecule has 4 nitrogen and oxygen atoms in total. The first-order valence-corrected chi connectivity index (χ1v) is 6.56. The summed E-state index contributed by atoms with van der Waals surface area (Å²) >= 11 is 0. The number of carbonyl (C=O) groups excluding carboxylic acids is 1. The maximum absolute atomic E-state index is 12.4. The van der Waals surface area contributed by atoms with Crippen LogP contribution in [0.5, 0.6) is 0 Å². The molecule has 1 aromatic carbocycles. The smallest absolute Gasteiger partial charge is 0.230 e. The van der Waals surface area contributed by atoms with Gasteiger partial charge in [0.2, 0.25) is 5.91 Å². The Labute approximate surface area is 113 Å². The molecule has 0 heterocycles. The lowest BCUT2D eigenvalue weighted by molar-refractivity contribution is -0.145. The molecular weight excluding hydrogens is 238 g/mol. The van der Waals surface area contributed by atoms with Crippen molar-refractivity contribution in [2.75, 3.05) is 13.6 Å². The van der Waals surface area contributed by atoms with Crippen LogP contribution < -0.4 is 5.73 Å². The van der Waals surface area contributed by atoms with E-state index in [0.717, 1.165) is 24.8 Å². The second-order valence-corrected chi connectivity index (χ2v) is 5.31. The van der Waals surface area contributed by atoms with E-state index in [0.29, 0.717) is 18.7 Å². The molecule has 0 aromatic heterocycles. The number of hydrogen-bond donors (Lipinski definition) is 1. The van der Waals surface area contributed by atoms with E-state index < -0.39 is 0 Å². The predicted molar refractivity (Wildman–Crippen MR) is 73.0 cm³/mol. The highest BCUT2D eigenvalue weighted by molar-refractivity contribution is 5.83. The van der Waals surface area contributed by atoms with Crippen LogP contribution >= 0.6 is 0 Å². The average molecular weight is 257 g/mol. The molecule has 4 heteroatoms. The van der Waals surface area contributed by atoms with Gasteiger partial charge in [-0.05, 0) is 30.5 Å². The molecule has 0 saturated heterocycles. The normalized spacial score (nSPS) is 16.3. The van der Waals surface area contributed by atoms with Crippen molar-refractivity contribution in [3.05, 3.63) is 35.4 Å². The number of amides is 1. The average Bonchev–Trinajstić information content (AvgIpc) is 2.38. The maximum atomic E-state index is 12.4. The molecule has 100 valence electrons. The Kier molecular flexibility index (Phi) is 3.87. The second kappa shape index (κ2) is 5.41. The largest absolute Gasteiger partial charge is 0.341 e. The number of nitrogens with two attached hydrogens (primary N) is 1. The van der Waals surface area contributed by atoms with Gasteiger partial charge < -0.3 is 10.6 Å². The van der Waals surface area contributed by atoms with Gasteiger partial charge in [0.05, 0.1) is 17.0 Å². The van der Waals surface area contributed by atoms with Gasteiger partial charge >= 0.3 is 0 Å². The molecule has 1 fully saturated rings. The molecule has 1 amide bonds. The zero-order valence-electron chi connectivity index (χ0n) is 11.2. The van der Waals surface area contributed by atoms with E-state index in [4.69, 9.17) is 11.0 Å². The van der Waals surface area contributed by atoms with Crippen LogP contribution in [0.1, 0.15) is 30.4 Å². The number of rotatable bonds is 4. The molecule has 2 N–H and O–H groups in total. The van der Waals surface area contributed by atoms with Crippen molar-refractivity contribution in [3.8, 4) is 6.07 Å². The molecule has 1 aliphatic rings. The van der Waals surface area contributed by atoms with Gasteiger partial charge in [-0.1, -0.05) is 18.6 Å². The maximum Gasteiger partial charge on any atom is 0.230 e. The van der Waals surface area contributed by atoms with Crippen LogP contribution in [-0.4, -0.2) is 24.4 Å². The highest BCUT2D eigenvalue weighted by Crippen LogP contribution is 2.41. The molecule has 0 spiro atoms. The summed E-state index contributed by atoms with van der Waals surface area (Å²) in [5, 5.41) is 8.87. The summed E-state index contributed by atoms with van der Waals surface area (Å²) in [6.07, 6.45) is 2.87. The van der Waals surface area contributed by atoms with E-state index in [-0.39, 0.29) is 11.3 Å². The zero-order valence-corrected chi connectivity index (χ0v) is 11.2. The van der Waals surface area contributed by atoms with Gasteiger partial charge in [0, 0.05) is 20.1 Å². The Morgan fingerprint density at radius 1 is 1.53 bits per heavy atom. The number of nitriles is 1. The lowest BCUT2D eigenvalue weighted by Gasteiger charge is -2.41. The van der Waals surface area contributed by atoms with Crippen LogP contribution in [0.15, 0.2) is 24.3 Å². The molecular formula is C15H19N3O. The standard InChI is InChI=1S/C15H19N3O/c1-18(14(19)15(11-17)6-3-7-15)10-13-5-2-4-12(8-13)9-16/h2,4-5,8H,3,6-7,10-11,17H2,1H3. The molecule has 0 bridgehead atoms. The van der Waals surface area contributed by atoms with Crippen LogP contribution in [0.25, 0.3) is 0 Å². The van der Waals surface area contributed by atoms with Crippen molar-refractivity contribution < 1.29 is 4.79 Å². The summed E-state index contributed by atoms with van der Waals surface area (Å²) in [5.41, 5.74) is 7.02. The van der Waals surface area contributed by atoms with Gasteiger partial charge in [-0.15, -0.1) is 0 Å². The Bertz CT molecular complexity index is 509. The van der Waals surface area contributed by atoms with E-state index in [1.807, 2.05) is 18.2 Å². The van der Waals surface area contributed by atoms with Gasteiger partial charge in [0.1, 0.15) is 0 Å². The van der Waals surface area contributed by atoms with Crippen LogP contribution in [-0.2, 0) is 11.3 Å². The third kappa shape index (κ3) is 2.61. The first-order chi connectivity index (χ1) is 9.11. The molecule has 0 unspecified atom stereocenters. The van der Waals surface area contributed by atoms with E-state index in [2.05, 4.69) is 6.07 Å². The van der Waals surface area contributed by atoms with E-state index in [9.17, 15) is 4.79 Å². The topological polar surface area (TPSA) is 70.1 Å². The number of nitrogens with zero attached hydrogens (tertiary/aromatic N) is 2. The summed E-state index contributed by atoms with van der Waals surface area (Å²) in [5.74, 6) is 0.128. The molecule has 0 radical (unpaired) electrons. The highest BCUT2D eigenvalue weighted by Gasteiger charge is 2.44. The summed E-state index contributed by atoms with van der Waals surface area (Å²) in [6, 6.07) is 9.46.